The first-order valence-electron chi connectivity index (χ1n) is 6.33. The molecule has 0 fully saturated rings. The monoisotopic (exact) mass is 295 g/mol. The maximum absolute atomic E-state index is 12.5. The van der Waals surface area contributed by atoms with Crippen molar-refractivity contribution in [3.63, 3.8) is 0 Å². The number of tetrazole rings is 1. The number of H-pyrrole nitrogens is 1. The minimum absolute atomic E-state index is 0.304. The fraction of sp³-hybridized carbons (Fsp3) is 0.417. The Hall–Kier alpha value is -1.80. The third-order valence-electron chi connectivity index (χ3n) is 2.99. The van der Waals surface area contributed by atoms with E-state index in [4.69, 9.17) is 0 Å². The van der Waals surface area contributed by atoms with Crippen LogP contribution in [0, 0.1) is 6.92 Å². The average molecular weight is 295 g/mol. The lowest BCUT2D eigenvalue weighted by molar-refractivity contribution is 0.428. The van der Waals surface area contributed by atoms with E-state index in [1.165, 1.54) is 4.31 Å². The molecule has 0 unspecified atom stereocenters. The van der Waals surface area contributed by atoms with Crippen LogP contribution < -0.4 is 0 Å². The zero-order chi connectivity index (χ0) is 14.6. The highest BCUT2D eigenvalue weighted by Crippen LogP contribution is 2.16. The highest BCUT2D eigenvalue weighted by molar-refractivity contribution is 7.89. The van der Waals surface area contributed by atoms with Gasteiger partial charge in [0.05, 0.1) is 4.90 Å². The number of benzene rings is 1. The average Bonchev–Trinajstić information content (AvgIpc) is 2.93. The Bertz CT molecular complexity index is 637. The van der Waals surface area contributed by atoms with E-state index in [2.05, 4.69) is 20.6 Å². The molecule has 8 heteroatoms. The summed E-state index contributed by atoms with van der Waals surface area (Å²) in [5, 5.41) is 13.4. The zero-order valence-electron chi connectivity index (χ0n) is 11.4. The quantitative estimate of drug-likeness (QED) is 0.849. The van der Waals surface area contributed by atoms with Gasteiger partial charge in [-0.25, -0.2) is 8.42 Å². The summed E-state index contributed by atoms with van der Waals surface area (Å²) in [7, 11) is -3.47. The molecule has 108 valence electrons. The molecule has 0 aliphatic carbocycles. The topological polar surface area (TPSA) is 91.8 Å². The first-order valence-corrected chi connectivity index (χ1v) is 7.77. The Morgan fingerprint density at radius 2 is 1.95 bits per heavy atom. The molecule has 0 aliphatic rings. The molecule has 0 saturated carbocycles. The second-order valence-electron chi connectivity index (χ2n) is 4.39. The van der Waals surface area contributed by atoms with E-state index in [1.807, 2.05) is 13.8 Å². The van der Waals surface area contributed by atoms with Crippen molar-refractivity contribution >= 4 is 10.0 Å². The SMILES string of the molecule is CCN(CCc1nn[nH]n1)S(=O)(=O)c1ccc(C)cc1. The molecule has 0 spiro atoms. The molecule has 1 aromatic heterocycles. The van der Waals surface area contributed by atoms with Crippen LogP contribution in [0.1, 0.15) is 18.3 Å². The molecule has 0 radical (unpaired) electrons. The molecule has 1 aromatic carbocycles. The molecule has 0 atom stereocenters. The smallest absolute Gasteiger partial charge is 0.207 e. The van der Waals surface area contributed by atoms with Gasteiger partial charge in [-0.2, -0.15) is 9.52 Å². The van der Waals surface area contributed by atoms with Gasteiger partial charge in [-0.3, -0.25) is 0 Å². The number of likely N-dealkylation sites (N-methyl/N-ethyl adjacent to an activating group) is 1. The van der Waals surface area contributed by atoms with E-state index in [1.54, 1.807) is 24.3 Å². The second-order valence-corrected chi connectivity index (χ2v) is 6.33. The highest BCUT2D eigenvalue weighted by atomic mass is 32.2. The summed E-state index contributed by atoms with van der Waals surface area (Å²) in [5.74, 6) is 0.502. The van der Waals surface area contributed by atoms with Gasteiger partial charge in [-0.05, 0) is 19.1 Å². The van der Waals surface area contributed by atoms with Crippen LogP contribution in [-0.4, -0.2) is 46.4 Å². The number of aryl methyl sites for hydroxylation is 1. The van der Waals surface area contributed by atoms with E-state index >= 15 is 0 Å². The molecule has 0 saturated heterocycles. The predicted molar refractivity (Wildman–Crippen MR) is 73.5 cm³/mol. The molecule has 1 heterocycles. The van der Waals surface area contributed by atoms with Crippen molar-refractivity contribution in [3.8, 4) is 0 Å². The van der Waals surface area contributed by atoms with Crippen molar-refractivity contribution < 1.29 is 8.42 Å². The fourth-order valence-corrected chi connectivity index (χ4v) is 3.27. The number of hydrogen-bond acceptors (Lipinski definition) is 5. The first-order chi connectivity index (χ1) is 9.54. The number of aromatic nitrogens is 4. The predicted octanol–water partition coefficient (Wildman–Crippen LogP) is 0.761. The summed E-state index contributed by atoms with van der Waals surface area (Å²) in [5.41, 5.74) is 1.03. The molecule has 0 bridgehead atoms. The van der Waals surface area contributed by atoms with Crippen molar-refractivity contribution in [3.05, 3.63) is 35.7 Å². The lowest BCUT2D eigenvalue weighted by Crippen LogP contribution is -2.33. The van der Waals surface area contributed by atoms with Crippen molar-refractivity contribution in [1.29, 1.82) is 0 Å². The van der Waals surface area contributed by atoms with Crippen molar-refractivity contribution in [2.45, 2.75) is 25.2 Å². The van der Waals surface area contributed by atoms with Crippen molar-refractivity contribution in [2.75, 3.05) is 13.1 Å². The summed E-state index contributed by atoms with van der Waals surface area (Å²) in [6.07, 6.45) is 0.426. The highest BCUT2D eigenvalue weighted by Gasteiger charge is 2.22. The molecule has 1 N–H and O–H groups in total. The summed E-state index contributed by atoms with van der Waals surface area (Å²) in [6.45, 7) is 4.45. The van der Waals surface area contributed by atoms with Crippen LogP contribution in [0.4, 0.5) is 0 Å². The van der Waals surface area contributed by atoms with Crippen LogP contribution in [0.25, 0.3) is 0 Å². The van der Waals surface area contributed by atoms with Gasteiger partial charge in [-0.1, -0.05) is 29.8 Å². The Kier molecular flexibility index (Phi) is 4.46. The third-order valence-corrected chi connectivity index (χ3v) is 4.97. The lowest BCUT2D eigenvalue weighted by atomic mass is 10.2. The second kappa shape index (κ2) is 6.10. The van der Waals surface area contributed by atoms with E-state index in [0.29, 0.717) is 30.2 Å². The van der Waals surface area contributed by atoms with Crippen molar-refractivity contribution in [1.82, 2.24) is 24.9 Å². The van der Waals surface area contributed by atoms with Gasteiger partial charge >= 0.3 is 0 Å². The molecule has 7 nitrogen and oxygen atoms in total. The summed E-state index contributed by atoms with van der Waals surface area (Å²) >= 11 is 0. The molecular formula is C12H17N5O2S. The van der Waals surface area contributed by atoms with E-state index < -0.39 is 10.0 Å². The first kappa shape index (κ1) is 14.6. The number of sulfonamides is 1. The van der Waals surface area contributed by atoms with Gasteiger partial charge in [0.1, 0.15) is 0 Å². The number of nitrogens with zero attached hydrogens (tertiary/aromatic N) is 4. The Balaban J connectivity index is 2.14. The van der Waals surface area contributed by atoms with Crippen LogP contribution in [0.5, 0.6) is 0 Å². The zero-order valence-corrected chi connectivity index (χ0v) is 12.3. The minimum atomic E-state index is -3.47. The molecule has 0 aliphatic heterocycles. The minimum Gasteiger partial charge on any atom is -0.207 e. The molecule has 0 amide bonds. The maximum atomic E-state index is 12.5. The third kappa shape index (κ3) is 3.20. The van der Waals surface area contributed by atoms with Gasteiger partial charge in [0, 0.05) is 19.5 Å². The van der Waals surface area contributed by atoms with E-state index in [-0.39, 0.29) is 0 Å². The number of aromatic amines is 1. The summed E-state index contributed by atoms with van der Waals surface area (Å²) in [6, 6.07) is 6.84. The standard InChI is InChI=1S/C12H17N5O2S/c1-3-17(9-8-12-13-15-16-14-12)20(18,19)11-6-4-10(2)5-7-11/h4-7H,3,8-9H2,1-2H3,(H,13,14,15,16). The van der Waals surface area contributed by atoms with Crippen LogP contribution in [0.3, 0.4) is 0 Å². The van der Waals surface area contributed by atoms with Crippen molar-refractivity contribution in [2.24, 2.45) is 0 Å². The van der Waals surface area contributed by atoms with Gasteiger partial charge in [0.2, 0.25) is 10.0 Å². The molecule has 2 aromatic rings. The fourth-order valence-electron chi connectivity index (χ4n) is 1.82. The van der Waals surface area contributed by atoms with Gasteiger partial charge in [0.15, 0.2) is 5.82 Å². The number of hydrogen-bond donors (Lipinski definition) is 1. The van der Waals surface area contributed by atoms with Gasteiger partial charge in [-0.15, -0.1) is 10.2 Å². The van der Waals surface area contributed by atoms with Crippen LogP contribution in [0.15, 0.2) is 29.2 Å². The van der Waals surface area contributed by atoms with Gasteiger partial charge in [0.25, 0.3) is 0 Å². The van der Waals surface area contributed by atoms with Crippen LogP contribution in [0.2, 0.25) is 0 Å². The lowest BCUT2D eigenvalue weighted by Gasteiger charge is -2.19. The van der Waals surface area contributed by atoms with Crippen LogP contribution in [-0.2, 0) is 16.4 Å². The Morgan fingerprint density at radius 1 is 1.25 bits per heavy atom. The maximum Gasteiger partial charge on any atom is 0.243 e. The Labute approximate surface area is 118 Å². The molecular weight excluding hydrogens is 278 g/mol. The van der Waals surface area contributed by atoms with Gasteiger partial charge < -0.3 is 0 Å². The largest absolute Gasteiger partial charge is 0.243 e. The Morgan fingerprint density at radius 3 is 2.50 bits per heavy atom. The van der Waals surface area contributed by atoms with E-state index in [9.17, 15) is 8.42 Å². The molecule has 20 heavy (non-hydrogen) atoms. The normalized spacial score (nSPS) is 11.9. The summed E-state index contributed by atoms with van der Waals surface area (Å²) < 4.78 is 26.4. The number of nitrogens with one attached hydrogen (secondary N) is 1. The van der Waals surface area contributed by atoms with Crippen LogP contribution >= 0.6 is 0 Å². The number of rotatable bonds is 6. The van der Waals surface area contributed by atoms with E-state index in [0.717, 1.165) is 5.56 Å². The summed E-state index contributed by atoms with van der Waals surface area (Å²) in [4.78, 5) is 0.304. The molecule has 2 rings (SSSR count).